The third kappa shape index (κ3) is 7.10. The third-order valence-corrected chi connectivity index (χ3v) is 10.2. The van der Waals surface area contributed by atoms with Gasteiger partial charge < -0.3 is 9.05 Å². The number of nitrogens with zero attached hydrogens (tertiary/aromatic N) is 3. The zero-order valence-corrected chi connectivity index (χ0v) is 28.2. The normalized spacial score (nSPS) is 16.5. The molecule has 2 atom stereocenters. The number of alkyl halides is 2. The van der Waals surface area contributed by atoms with Gasteiger partial charge in [-0.1, -0.05) is 131 Å². The van der Waals surface area contributed by atoms with Crippen molar-refractivity contribution in [1.29, 1.82) is 0 Å². The van der Waals surface area contributed by atoms with Crippen molar-refractivity contribution in [3.8, 4) is 0 Å². The molecule has 0 spiro atoms. The largest absolute Gasteiger partial charge is 0.404 e. The van der Waals surface area contributed by atoms with Gasteiger partial charge in [-0.3, -0.25) is 4.57 Å². The molecule has 0 N–H and O–H groups in total. The van der Waals surface area contributed by atoms with E-state index in [0.29, 0.717) is 12.8 Å². The van der Waals surface area contributed by atoms with E-state index in [9.17, 15) is 4.57 Å². The van der Waals surface area contributed by atoms with Crippen LogP contribution in [-0.4, -0.2) is 28.2 Å². The molecule has 1 heterocycles. The van der Waals surface area contributed by atoms with Crippen molar-refractivity contribution in [2.24, 2.45) is 11.8 Å². The van der Waals surface area contributed by atoms with E-state index < -0.39 is 24.4 Å². The lowest BCUT2D eigenvalue weighted by molar-refractivity contribution is 0.0279. The summed E-state index contributed by atoms with van der Waals surface area (Å²) < 4.78 is 58.5. The molecule has 0 bridgehead atoms. The van der Waals surface area contributed by atoms with Gasteiger partial charge in [-0.2, -0.15) is 8.78 Å². The molecule has 9 heteroatoms. The molecule has 4 aromatic rings. The molecular weight excluding hydrogens is 603 g/mol. The van der Waals surface area contributed by atoms with E-state index in [0.717, 1.165) is 34.5 Å². The molecule has 0 aliphatic heterocycles. The fourth-order valence-corrected chi connectivity index (χ4v) is 7.71. The van der Waals surface area contributed by atoms with Gasteiger partial charge in [0, 0.05) is 24.3 Å². The molecule has 2 unspecified atom stereocenters. The number of benzene rings is 3. The van der Waals surface area contributed by atoms with Gasteiger partial charge in [-0.05, 0) is 41.0 Å². The second-order valence-corrected chi connectivity index (χ2v) is 15.2. The number of hydrogen-bond donors (Lipinski definition) is 0. The number of fused-ring (bicyclic) bond motifs is 1. The second kappa shape index (κ2) is 14.1. The lowest BCUT2D eigenvalue weighted by atomic mass is 9.78. The maximum Gasteiger partial charge on any atom is 0.404 e. The van der Waals surface area contributed by atoms with Gasteiger partial charge >= 0.3 is 13.3 Å². The number of rotatable bonds is 14. The molecule has 3 aromatic carbocycles. The van der Waals surface area contributed by atoms with E-state index in [-0.39, 0.29) is 31.0 Å². The third-order valence-electron chi connectivity index (χ3n) is 8.32. The minimum absolute atomic E-state index is 0.0924. The number of halogens is 2. The first-order valence-electron chi connectivity index (χ1n) is 16.0. The van der Waals surface area contributed by atoms with Gasteiger partial charge in [0.15, 0.2) is 0 Å². The van der Waals surface area contributed by atoms with Crippen LogP contribution in [-0.2, 0) is 37.7 Å². The first-order valence-corrected chi connectivity index (χ1v) is 17.6. The number of aromatic nitrogens is 3. The van der Waals surface area contributed by atoms with Crippen LogP contribution in [0.5, 0.6) is 0 Å². The van der Waals surface area contributed by atoms with Crippen LogP contribution >= 0.6 is 7.60 Å². The highest BCUT2D eigenvalue weighted by molar-refractivity contribution is 7.54. The number of hydrogen-bond acceptors (Lipinski definition) is 5. The van der Waals surface area contributed by atoms with Crippen LogP contribution in [0.15, 0.2) is 91.0 Å². The van der Waals surface area contributed by atoms with E-state index >= 15 is 8.78 Å². The van der Waals surface area contributed by atoms with Crippen LogP contribution in [0.1, 0.15) is 80.6 Å². The van der Waals surface area contributed by atoms with E-state index in [2.05, 4.69) is 48.4 Å². The van der Waals surface area contributed by atoms with Crippen LogP contribution in [0, 0.1) is 11.8 Å². The van der Waals surface area contributed by atoms with E-state index in [4.69, 9.17) is 14.3 Å². The molecule has 0 saturated heterocycles. The van der Waals surface area contributed by atoms with Gasteiger partial charge in [0.2, 0.25) is 0 Å². The average Bonchev–Trinajstić information content (AvgIpc) is 3.50. The van der Waals surface area contributed by atoms with Gasteiger partial charge in [0.1, 0.15) is 0 Å². The molecule has 244 valence electrons. The Hall–Kier alpha value is -3.45. The van der Waals surface area contributed by atoms with Gasteiger partial charge in [0.05, 0.1) is 30.1 Å². The molecule has 46 heavy (non-hydrogen) atoms. The molecule has 1 aliphatic rings. The molecule has 0 saturated carbocycles. The summed E-state index contributed by atoms with van der Waals surface area (Å²) in [5.41, 5.74) is -0.116. The minimum atomic E-state index is -4.82. The zero-order valence-electron chi connectivity index (χ0n) is 27.3. The van der Waals surface area contributed by atoms with Gasteiger partial charge in [0.25, 0.3) is 0 Å². The van der Waals surface area contributed by atoms with Crippen LogP contribution in [0.3, 0.4) is 0 Å². The summed E-state index contributed by atoms with van der Waals surface area (Å²) in [6, 6.07) is 26.4. The highest BCUT2D eigenvalue weighted by atomic mass is 31.2. The Morgan fingerprint density at radius 3 is 1.93 bits per heavy atom. The highest BCUT2D eigenvalue weighted by Gasteiger charge is 2.55. The fourth-order valence-electron chi connectivity index (χ4n) is 5.85. The van der Waals surface area contributed by atoms with Crippen LogP contribution in [0.25, 0.3) is 6.08 Å². The average molecular weight is 648 g/mol. The predicted molar refractivity (Wildman–Crippen MR) is 179 cm³/mol. The summed E-state index contributed by atoms with van der Waals surface area (Å²) in [6.07, 6.45) is 6.18. The molecule has 0 fully saturated rings. The van der Waals surface area contributed by atoms with Crippen molar-refractivity contribution in [1.82, 2.24) is 15.0 Å². The Morgan fingerprint density at radius 2 is 1.37 bits per heavy atom. The Bertz CT molecular complexity index is 1640. The van der Waals surface area contributed by atoms with Gasteiger partial charge in [-0.15, -0.1) is 5.10 Å². The van der Waals surface area contributed by atoms with E-state index in [1.807, 2.05) is 68.8 Å². The molecule has 1 aliphatic carbocycles. The molecule has 0 radical (unpaired) electrons. The quantitative estimate of drug-likeness (QED) is 0.128. The summed E-state index contributed by atoms with van der Waals surface area (Å²) in [5.74, 6) is 0.0439. The van der Waals surface area contributed by atoms with Crippen LogP contribution in [0.2, 0.25) is 0 Å². The highest BCUT2D eigenvalue weighted by Crippen LogP contribution is 2.67. The Labute approximate surface area is 271 Å². The smallest absolute Gasteiger partial charge is 0.304 e. The first-order chi connectivity index (χ1) is 21.9. The monoisotopic (exact) mass is 647 g/mol. The van der Waals surface area contributed by atoms with Crippen molar-refractivity contribution in [3.63, 3.8) is 0 Å². The van der Waals surface area contributed by atoms with E-state index in [1.54, 1.807) is 12.1 Å². The first kappa shape index (κ1) is 33.9. The lowest BCUT2D eigenvalue weighted by Crippen LogP contribution is -2.41. The van der Waals surface area contributed by atoms with Crippen molar-refractivity contribution >= 4 is 13.7 Å². The standard InChI is InChI=1S/C37H44F2N3O3P/c1-27(2)25-44-46(43,45-26-28(3)4)37(38,39)33-21-19-31(20-22-33)24-36(32-16-10-7-11-17-32,23-30-14-8-6-9-15-30)42-34-18-12-13-29(5)35(34)40-41-42/h6-12,14-22,27-29H,13,23-26H2,1-5H3. The molecular formula is C37H44F2N3O3P. The minimum Gasteiger partial charge on any atom is -0.304 e. The van der Waals surface area contributed by atoms with Gasteiger partial charge in [-0.25, -0.2) is 4.68 Å². The van der Waals surface area contributed by atoms with Crippen molar-refractivity contribution in [3.05, 3.63) is 125 Å². The van der Waals surface area contributed by atoms with Crippen LogP contribution in [0.4, 0.5) is 8.78 Å². The summed E-state index contributed by atoms with van der Waals surface area (Å²) >= 11 is 0. The maximum atomic E-state index is 16.0. The van der Waals surface area contributed by atoms with Crippen molar-refractivity contribution in [2.75, 3.05) is 13.2 Å². The summed E-state index contributed by atoms with van der Waals surface area (Å²) in [7, 11) is -4.82. The van der Waals surface area contributed by atoms with Crippen molar-refractivity contribution in [2.45, 2.75) is 71.0 Å². The van der Waals surface area contributed by atoms with Crippen molar-refractivity contribution < 1.29 is 22.4 Å². The fraction of sp³-hybridized carbons (Fsp3) is 0.405. The molecule has 5 rings (SSSR count). The van der Waals surface area contributed by atoms with Crippen LogP contribution < -0.4 is 0 Å². The predicted octanol–water partition coefficient (Wildman–Crippen LogP) is 9.62. The zero-order chi connectivity index (χ0) is 33.0. The topological polar surface area (TPSA) is 66.2 Å². The number of allylic oxidation sites excluding steroid dienone is 1. The molecule has 1 aromatic heterocycles. The Balaban J connectivity index is 1.58. The maximum absolute atomic E-state index is 16.0. The Kier molecular flexibility index (Phi) is 10.4. The molecule has 0 amide bonds. The summed E-state index contributed by atoms with van der Waals surface area (Å²) in [4.78, 5) is 0. The van der Waals surface area contributed by atoms with E-state index in [1.165, 1.54) is 12.1 Å². The summed E-state index contributed by atoms with van der Waals surface area (Å²) in [5, 5.41) is 9.42. The summed E-state index contributed by atoms with van der Waals surface area (Å²) in [6.45, 7) is 9.21. The molecule has 6 nitrogen and oxygen atoms in total. The lowest BCUT2D eigenvalue weighted by Gasteiger charge is -2.36. The SMILES string of the molecule is CC(C)COP(=O)(OCC(C)C)C(F)(F)c1ccc(CC(Cc2ccccc2)(c2ccccc2)n2nnc3c2C=CCC3C)cc1. The Morgan fingerprint density at radius 1 is 0.826 bits per heavy atom. The second-order valence-electron chi connectivity index (χ2n) is 13.2.